The molecule has 3 rings (SSSR count). The molecule has 4 N–H and O–H groups in total. The van der Waals surface area contributed by atoms with Gasteiger partial charge in [-0.2, -0.15) is 0 Å². The summed E-state index contributed by atoms with van der Waals surface area (Å²) >= 11 is 0. The molecule has 2 aromatic carbocycles. The molecule has 14 nitrogen and oxygen atoms in total. The lowest BCUT2D eigenvalue weighted by atomic mass is 9.99. The van der Waals surface area contributed by atoms with E-state index in [0.29, 0.717) is 18.4 Å². The first-order valence-corrected chi connectivity index (χ1v) is 23.7. The monoisotopic (exact) mass is 816 g/mol. The van der Waals surface area contributed by atoms with Crippen molar-refractivity contribution >= 4 is 26.4 Å². The van der Waals surface area contributed by atoms with Gasteiger partial charge in [-0.05, 0) is 83.7 Å². The van der Waals surface area contributed by atoms with Crippen LogP contribution in [0.5, 0.6) is 5.75 Å². The van der Waals surface area contributed by atoms with Crippen LogP contribution >= 0.6 is 0 Å². The van der Waals surface area contributed by atoms with Crippen molar-refractivity contribution in [2.75, 3.05) is 59.2 Å². The van der Waals surface area contributed by atoms with Gasteiger partial charge in [0.05, 0.1) is 57.2 Å². The number of hydrogen-bond donors (Lipinski definition) is 4. The molecular formula is C42H68N4O10Si. The zero-order valence-electron chi connectivity index (χ0n) is 35.5. The molecule has 0 aromatic heterocycles. The Morgan fingerprint density at radius 1 is 0.772 bits per heavy atom. The van der Waals surface area contributed by atoms with Gasteiger partial charge in [-0.1, -0.05) is 62.1 Å². The lowest BCUT2D eigenvalue weighted by Crippen LogP contribution is -2.55. The van der Waals surface area contributed by atoms with Gasteiger partial charge >= 0.3 is 18.3 Å². The van der Waals surface area contributed by atoms with Crippen LogP contribution < -0.4 is 15.4 Å². The fourth-order valence-electron chi connectivity index (χ4n) is 5.91. The first-order valence-electron chi connectivity index (χ1n) is 20.0. The SMILES string of the molecule is CC(C)(C)OC(=O)N[C@@H](Cc1ccccc1)[C@H](O)CN(C[C@@H](O)[C@H](Cc1ccc(OCCN2CCOCC2)cc1)NC(=O)OC(C)(C)C)C(=O)OCC[Si](C)(C)C. The van der Waals surface area contributed by atoms with E-state index in [1.165, 1.54) is 4.90 Å². The molecule has 3 amide bonds. The molecule has 0 aliphatic carbocycles. The zero-order chi connectivity index (χ0) is 42.2. The molecule has 1 heterocycles. The maximum absolute atomic E-state index is 13.8. The molecule has 0 bridgehead atoms. The summed E-state index contributed by atoms with van der Waals surface area (Å²) in [5.41, 5.74) is 0.0571. The predicted octanol–water partition coefficient (Wildman–Crippen LogP) is 5.47. The number of morpholine rings is 1. The van der Waals surface area contributed by atoms with Crippen molar-refractivity contribution in [3.05, 3.63) is 65.7 Å². The highest BCUT2D eigenvalue weighted by molar-refractivity contribution is 6.76. The molecule has 1 fully saturated rings. The number of hydrogen-bond acceptors (Lipinski definition) is 11. The molecule has 57 heavy (non-hydrogen) atoms. The van der Waals surface area contributed by atoms with Gasteiger partial charge in [0.2, 0.25) is 0 Å². The van der Waals surface area contributed by atoms with Gasteiger partial charge in [-0.15, -0.1) is 0 Å². The van der Waals surface area contributed by atoms with E-state index in [4.69, 9.17) is 23.7 Å². The van der Waals surface area contributed by atoms with Gasteiger partial charge in [0.25, 0.3) is 0 Å². The van der Waals surface area contributed by atoms with Crippen LogP contribution in [0.25, 0.3) is 0 Å². The van der Waals surface area contributed by atoms with E-state index in [9.17, 15) is 24.6 Å². The van der Waals surface area contributed by atoms with E-state index in [1.54, 1.807) is 41.5 Å². The normalized spacial score (nSPS) is 16.1. The van der Waals surface area contributed by atoms with Crippen LogP contribution in [0.3, 0.4) is 0 Å². The van der Waals surface area contributed by atoms with Crippen molar-refractivity contribution in [1.82, 2.24) is 20.4 Å². The number of amides is 3. The predicted molar refractivity (Wildman–Crippen MR) is 222 cm³/mol. The minimum atomic E-state index is -1.57. The van der Waals surface area contributed by atoms with Gasteiger partial charge in [0, 0.05) is 27.7 Å². The molecule has 2 aromatic rings. The Kier molecular flexibility index (Phi) is 18.6. The lowest BCUT2D eigenvalue weighted by molar-refractivity contribution is 0.0181. The van der Waals surface area contributed by atoms with E-state index in [-0.39, 0.29) is 32.5 Å². The van der Waals surface area contributed by atoms with Crippen molar-refractivity contribution in [3.8, 4) is 5.75 Å². The summed E-state index contributed by atoms with van der Waals surface area (Å²) in [6.45, 7) is 21.0. The van der Waals surface area contributed by atoms with E-state index in [0.717, 1.165) is 44.0 Å². The first-order chi connectivity index (χ1) is 26.7. The summed E-state index contributed by atoms with van der Waals surface area (Å²) in [6.07, 6.45) is -4.40. The van der Waals surface area contributed by atoms with Crippen LogP contribution in [-0.2, 0) is 31.8 Å². The molecule has 0 spiro atoms. The molecule has 0 radical (unpaired) electrons. The fraction of sp³-hybridized carbons (Fsp3) is 0.643. The lowest BCUT2D eigenvalue weighted by Gasteiger charge is -2.33. The Bertz CT molecular complexity index is 1510. The number of carbonyl (C=O) groups excluding carboxylic acids is 3. The van der Waals surface area contributed by atoms with E-state index in [1.807, 2.05) is 54.6 Å². The minimum absolute atomic E-state index is 0.168. The number of alkyl carbamates (subject to hydrolysis) is 2. The first kappa shape index (κ1) is 47.5. The smallest absolute Gasteiger partial charge is 0.409 e. The van der Waals surface area contributed by atoms with Gasteiger partial charge in [0.15, 0.2) is 0 Å². The second-order valence-electron chi connectivity index (χ2n) is 17.8. The highest BCUT2D eigenvalue weighted by Crippen LogP contribution is 2.18. The molecule has 1 saturated heterocycles. The van der Waals surface area contributed by atoms with Crippen molar-refractivity contribution < 1.29 is 48.3 Å². The van der Waals surface area contributed by atoms with E-state index < -0.39 is 61.8 Å². The minimum Gasteiger partial charge on any atom is -0.492 e. The molecule has 1 aliphatic heterocycles. The highest BCUT2D eigenvalue weighted by Gasteiger charge is 2.33. The molecule has 0 saturated carbocycles. The average molecular weight is 817 g/mol. The highest BCUT2D eigenvalue weighted by atomic mass is 28.3. The number of benzene rings is 2. The molecule has 320 valence electrons. The number of carbonyl (C=O) groups is 3. The van der Waals surface area contributed by atoms with Gasteiger partial charge in [-0.3, -0.25) is 4.90 Å². The van der Waals surface area contributed by atoms with Crippen LogP contribution in [0.1, 0.15) is 52.7 Å². The van der Waals surface area contributed by atoms with Crippen molar-refractivity contribution in [2.24, 2.45) is 0 Å². The van der Waals surface area contributed by atoms with Crippen molar-refractivity contribution in [3.63, 3.8) is 0 Å². The average Bonchev–Trinajstić information content (AvgIpc) is 3.10. The van der Waals surface area contributed by atoms with Gasteiger partial charge < -0.3 is 49.4 Å². The third-order valence-electron chi connectivity index (χ3n) is 8.94. The molecule has 1 aliphatic rings. The summed E-state index contributed by atoms with van der Waals surface area (Å²) in [4.78, 5) is 43.3. The molecule has 15 heteroatoms. The second kappa shape index (κ2) is 22.3. The third kappa shape index (κ3) is 19.9. The maximum atomic E-state index is 13.8. The van der Waals surface area contributed by atoms with Crippen LogP contribution in [-0.4, -0.2) is 141 Å². The van der Waals surface area contributed by atoms with Crippen LogP contribution in [0.4, 0.5) is 14.4 Å². The fourth-order valence-corrected chi connectivity index (χ4v) is 6.63. The summed E-state index contributed by atoms with van der Waals surface area (Å²) in [7, 11) is -1.57. The Hall–Kier alpha value is -3.89. The number of rotatable bonds is 19. The van der Waals surface area contributed by atoms with Crippen LogP contribution in [0.2, 0.25) is 25.7 Å². The number of ether oxygens (including phenoxy) is 5. The molecule has 0 unspecified atom stereocenters. The Balaban J connectivity index is 1.83. The Labute approximate surface area is 340 Å². The largest absolute Gasteiger partial charge is 0.492 e. The number of aliphatic hydroxyl groups excluding tert-OH is 2. The zero-order valence-corrected chi connectivity index (χ0v) is 36.5. The molecular weight excluding hydrogens is 749 g/mol. The maximum Gasteiger partial charge on any atom is 0.409 e. The molecule has 4 atom stereocenters. The summed E-state index contributed by atoms with van der Waals surface area (Å²) in [5, 5.41) is 29.1. The third-order valence-corrected chi connectivity index (χ3v) is 10.6. The van der Waals surface area contributed by atoms with Crippen molar-refractivity contribution in [2.45, 2.75) is 116 Å². The van der Waals surface area contributed by atoms with Crippen molar-refractivity contribution in [1.29, 1.82) is 0 Å². The standard InChI is InChI=1S/C42H68N4O10Si/c1-41(2,3)55-38(49)43-34(27-31-13-11-10-12-14-31)36(47)29-46(40(51)54-25-26-57(7,8)9)30-37(48)35(44-39(50)56-42(4,5)6)28-32-15-17-33(18-16-32)53-24-21-45-19-22-52-23-20-45/h10-18,34-37,47-48H,19-30H2,1-9H3,(H,43,49)(H,44,50)/t34-,35-,36+,37+/m0/s1. The Morgan fingerprint density at radius 3 is 1.74 bits per heavy atom. The van der Waals surface area contributed by atoms with Gasteiger partial charge in [-0.25, -0.2) is 14.4 Å². The number of aliphatic hydroxyl groups is 2. The second-order valence-corrected chi connectivity index (χ2v) is 23.4. The van der Waals surface area contributed by atoms with Crippen LogP contribution in [0.15, 0.2) is 54.6 Å². The van der Waals surface area contributed by atoms with E-state index in [2.05, 4.69) is 35.2 Å². The number of nitrogens with zero attached hydrogens (tertiary/aromatic N) is 2. The van der Waals surface area contributed by atoms with Gasteiger partial charge in [0.1, 0.15) is 23.6 Å². The quantitative estimate of drug-likeness (QED) is 0.105. The van der Waals surface area contributed by atoms with E-state index >= 15 is 0 Å². The summed E-state index contributed by atoms with van der Waals surface area (Å²) < 4.78 is 28.1. The summed E-state index contributed by atoms with van der Waals surface area (Å²) in [6, 6.07) is 15.7. The van der Waals surface area contributed by atoms with Crippen LogP contribution in [0, 0.1) is 0 Å². The number of nitrogens with one attached hydrogen (secondary N) is 2. The Morgan fingerprint density at radius 2 is 1.26 bits per heavy atom. The summed E-state index contributed by atoms with van der Waals surface area (Å²) in [5.74, 6) is 0.690. The topological polar surface area (TPSA) is 168 Å².